The molecule has 0 heterocycles. The average molecular weight is 1200 g/mol. The highest BCUT2D eigenvalue weighted by Gasteiger charge is 2.26. The van der Waals surface area contributed by atoms with Gasteiger partial charge in [-0.15, -0.1) is 0 Å². The van der Waals surface area contributed by atoms with E-state index in [0.29, 0.717) is 6.42 Å². The lowest BCUT2D eigenvalue weighted by Crippen LogP contribution is -2.29. The molecule has 0 aromatic carbocycles. The van der Waals surface area contributed by atoms with Crippen LogP contribution < -0.4 is 5.73 Å². The Kier molecular flexibility index (Phi) is 65.7. The van der Waals surface area contributed by atoms with Gasteiger partial charge in [-0.05, 0) is 116 Å². The van der Waals surface area contributed by atoms with Crippen molar-refractivity contribution in [2.45, 2.75) is 290 Å². The molecule has 0 saturated heterocycles. The van der Waals surface area contributed by atoms with E-state index in [2.05, 4.69) is 160 Å². The molecule has 0 spiro atoms. The number of esters is 2. The van der Waals surface area contributed by atoms with Crippen LogP contribution in [0.25, 0.3) is 0 Å². The molecule has 0 aliphatic carbocycles. The van der Waals surface area contributed by atoms with E-state index in [1.807, 2.05) is 0 Å². The molecule has 85 heavy (non-hydrogen) atoms. The van der Waals surface area contributed by atoms with Gasteiger partial charge in [-0.25, -0.2) is 4.57 Å². The van der Waals surface area contributed by atoms with Gasteiger partial charge in [-0.1, -0.05) is 301 Å². The van der Waals surface area contributed by atoms with Crippen molar-refractivity contribution in [1.82, 2.24) is 0 Å². The second kappa shape index (κ2) is 69.0. The Labute approximate surface area is 522 Å². The fraction of sp³-hybridized carbons (Fsp3) is 0.653. The summed E-state index contributed by atoms with van der Waals surface area (Å²) < 4.78 is 33.2. The summed E-state index contributed by atoms with van der Waals surface area (Å²) in [6.45, 7) is 3.52. The Morgan fingerprint density at radius 1 is 0.353 bits per heavy atom. The molecule has 0 aromatic rings. The van der Waals surface area contributed by atoms with Crippen LogP contribution in [0.2, 0.25) is 0 Å². The second-order valence-corrected chi connectivity index (χ2v) is 23.7. The van der Waals surface area contributed by atoms with Crippen molar-refractivity contribution in [2.24, 2.45) is 5.73 Å². The molecule has 9 nitrogen and oxygen atoms in total. The number of hydrogen-bond acceptors (Lipinski definition) is 8. The van der Waals surface area contributed by atoms with Crippen molar-refractivity contribution in [1.29, 1.82) is 0 Å². The van der Waals surface area contributed by atoms with E-state index in [0.717, 1.165) is 116 Å². The molecular formula is C75H126NO8P. The van der Waals surface area contributed by atoms with Gasteiger partial charge in [-0.3, -0.25) is 18.6 Å². The number of phosphoric ester groups is 1. The van der Waals surface area contributed by atoms with Crippen LogP contribution in [0.5, 0.6) is 0 Å². The van der Waals surface area contributed by atoms with Crippen molar-refractivity contribution >= 4 is 19.8 Å². The quantitative estimate of drug-likeness (QED) is 0.0264. The number of carbonyl (C=O) groups excluding carboxylic acids is 2. The highest BCUT2D eigenvalue weighted by Crippen LogP contribution is 2.43. The van der Waals surface area contributed by atoms with E-state index in [4.69, 9.17) is 24.3 Å². The third-order valence-corrected chi connectivity index (χ3v) is 15.2. The molecule has 2 atom stereocenters. The average Bonchev–Trinajstić information content (AvgIpc) is 3.52. The summed E-state index contributed by atoms with van der Waals surface area (Å²) in [5.41, 5.74) is 5.40. The number of allylic oxidation sites excluding steroid dienone is 24. The standard InChI is InChI=1S/C75H126NO8P/c1-3-5-7-9-11-13-15-17-19-21-23-25-27-29-31-33-35-36-38-40-42-44-46-48-50-52-54-56-58-60-62-64-66-68-75(78)84-73(72-83-85(79,80)82-70-69-76)71-81-74(77)67-65-63-61-59-57-55-53-51-49-47-45-43-41-39-37-34-32-30-28-26-24-22-20-18-16-14-12-10-8-6-4-2/h5-8,11-14,17-20,23-26,29-32,35-37,39,73H,3-4,9-10,15-16,21-22,27-28,33-34,38,40-72,76H2,1-2H3,(H,79,80)/b7-5-,8-6-,13-11-,14-12-,19-17-,20-18-,25-23-,26-24-,31-29-,32-30-,36-35-,39-37-. The Morgan fingerprint density at radius 3 is 0.906 bits per heavy atom. The highest BCUT2D eigenvalue weighted by molar-refractivity contribution is 7.47. The molecule has 0 radical (unpaired) electrons. The fourth-order valence-electron chi connectivity index (χ4n) is 9.23. The van der Waals surface area contributed by atoms with Gasteiger partial charge in [0.15, 0.2) is 6.10 Å². The molecule has 0 saturated carbocycles. The number of hydrogen-bond donors (Lipinski definition) is 2. The highest BCUT2D eigenvalue weighted by atomic mass is 31.2. The lowest BCUT2D eigenvalue weighted by molar-refractivity contribution is -0.161. The van der Waals surface area contributed by atoms with Crippen LogP contribution >= 0.6 is 7.82 Å². The van der Waals surface area contributed by atoms with Crippen molar-refractivity contribution in [3.8, 4) is 0 Å². The second-order valence-electron chi connectivity index (χ2n) is 22.3. The van der Waals surface area contributed by atoms with Crippen LogP contribution in [0.3, 0.4) is 0 Å². The minimum absolute atomic E-state index is 0.0474. The van der Waals surface area contributed by atoms with Crippen LogP contribution in [0.15, 0.2) is 146 Å². The Balaban J connectivity index is 3.93. The monoisotopic (exact) mass is 1200 g/mol. The maximum atomic E-state index is 12.8. The van der Waals surface area contributed by atoms with Gasteiger partial charge >= 0.3 is 19.8 Å². The summed E-state index contributed by atoms with van der Waals surface area (Å²) >= 11 is 0. The van der Waals surface area contributed by atoms with E-state index in [1.54, 1.807) is 0 Å². The fourth-order valence-corrected chi connectivity index (χ4v) is 10.00. The first-order valence-electron chi connectivity index (χ1n) is 34.3. The van der Waals surface area contributed by atoms with Crippen LogP contribution in [-0.4, -0.2) is 49.3 Å². The third-order valence-electron chi connectivity index (χ3n) is 14.2. The van der Waals surface area contributed by atoms with Crippen molar-refractivity contribution in [2.75, 3.05) is 26.4 Å². The number of rotatable bonds is 63. The first-order chi connectivity index (χ1) is 41.8. The lowest BCUT2D eigenvalue weighted by Gasteiger charge is -2.19. The zero-order valence-electron chi connectivity index (χ0n) is 54.3. The van der Waals surface area contributed by atoms with Gasteiger partial charge in [0.05, 0.1) is 13.2 Å². The Hall–Kier alpha value is -4.11. The first kappa shape index (κ1) is 80.9. The van der Waals surface area contributed by atoms with E-state index >= 15 is 0 Å². The molecule has 3 N–H and O–H groups in total. The summed E-state index contributed by atoms with van der Waals surface area (Å²) in [4.78, 5) is 35.4. The maximum Gasteiger partial charge on any atom is 0.472 e. The van der Waals surface area contributed by atoms with Crippen LogP contribution in [-0.2, 0) is 32.7 Å². The van der Waals surface area contributed by atoms with Gasteiger partial charge in [-0.2, -0.15) is 0 Å². The SMILES string of the molecule is CC/C=C\C/C=C\C/C=C\C/C=C\C/C=C\C/C=C\CCCCCCCCCCCCCCCCC(=O)OC(COC(=O)CCCCCCCCCCCCCC/C=C\C/C=C\C/C=C\C/C=C\C/C=C\C/C=C\CC)COP(=O)(O)OCCN. The van der Waals surface area contributed by atoms with Crippen LogP contribution in [0, 0.1) is 0 Å². The molecule has 10 heteroatoms. The number of carbonyl (C=O) groups is 2. The molecule has 0 aromatic heterocycles. The summed E-state index contributed by atoms with van der Waals surface area (Å²) in [5.74, 6) is -0.832. The maximum absolute atomic E-state index is 12.8. The number of phosphoric acid groups is 1. The first-order valence-corrected chi connectivity index (χ1v) is 35.8. The predicted molar refractivity (Wildman–Crippen MR) is 367 cm³/mol. The molecule has 0 fully saturated rings. The number of ether oxygens (including phenoxy) is 2. The molecule has 484 valence electrons. The molecular weight excluding hydrogens is 1070 g/mol. The molecule has 0 rings (SSSR count). The predicted octanol–water partition coefficient (Wildman–Crippen LogP) is 22.6. The zero-order valence-corrected chi connectivity index (χ0v) is 55.2. The number of nitrogens with two attached hydrogens (primary N) is 1. The molecule has 0 aliphatic rings. The Morgan fingerprint density at radius 2 is 0.612 bits per heavy atom. The minimum atomic E-state index is -4.40. The summed E-state index contributed by atoms with van der Waals surface area (Å²) in [6.07, 6.45) is 99.2. The van der Waals surface area contributed by atoms with Gasteiger partial charge < -0.3 is 20.1 Å². The van der Waals surface area contributed by atoms with E-state index in [1.165, 1.54) is 135 Å². The van der Waals surface area contributed by atoms with Gasteiger partial charge in [0.1, 0.15) is 6.61 Å². The summed E-state index contributed by atoms with van der Waals surface area (Å²) in [6, 6.07) is 0. The van der Waals surface area contributed by atoms with Crippen molar-refractivity contribution < 1.29 is 37.6 Å². The van der Waals surface area contributed by atoms with Gasteiger partial charge in [0.25, 0.3) is 0 Å². The lowest BCUT2D eigenvalue weighted by atomic mass is 10.0. The van der Waals surface area contributed by atoms with Crippen LogP contribution in [0.4, 0.5) is 0 Å². The topological polar surface area (TPSA) is 134 Å². The molecule has 2 unspecified atom stereocenters. The zero-order chi connectivity index (χ0) is 61.6. The van der Waals surface area contributed by atoms with E-state index in [9.17, 15) is 19.0 Å². The number of unbranched alkanes of at least 4 members (excludes halogenated alkanes) is 26. The minimum Gasteiger partial charge on any atom is -0.462 e. The van der Waals surface area contributed by atoms with E-state index < -0.39 is 26.5 Å². The van der Waals surface area contributed by atoms with Crippen molar-refractivity contribution in [3.05, 3.63) is 146 Å². The Bertz CT molecular complexity index is 1900. The normalized spacial score (nSPS) is 13.9. The summed E-state index contributed by atoms with van der Waals surface area (Å²) in [7, 11) is -4.40. The van der Waals surface area contributed by atoms with E-state index in [-0.39, 0.29) is 38.6 Å². The summed E-state index contributed by atoms with van der Waals surface area (Å²) in [5, 5.41) is 0. The van der Waals surface area contributed by atoms with Crippen molar-refractivity contribution in [3.63, 3.8) is 0 Å². The smallest absolute Gasteiger partial charge is 0.462 e. The molecule has 0 aliphatic heterocycles. The van der Waals surface area contributed by atoms with Gasteiger partial charge in [0.2, 0.25) is 0 Å². The van der Waals surface area contributed by atoms with Crippen LogP contribution in [0.1, 0.15) is 284 Å². The molecule has 0 bridgehead atoms. The third kappa shape index (κ3) is 68.9. The van der Waals surface area contributed by atoms with Gasteiger partial charge in [0, 0.05) is 19.4 Å². The largest absolute Gasteiger partial charge is 0.472 e. The molecule has 0 amide bonds.